The van der Waals surface area contributed by atoms with E-state index < -0.39 is 29.0 Å². The molecule has 1 N–H and O–H groups in total. The third-order valence-electron chi connectivity index (χ3n) is 3.69. The average Bonchev–Trinajstić information content (AvgIpc) is 2.43. The molecule has 0 aromatic rings. The van der Waals surface area contributed by atoms with Crippen LogP contribution in [-0.2, 0) is 27.9 Å². The van der Waals surface area contributed by atoms with E-state index in [-0.39, 0.29) is 24.2 Å². The van der Waals surface area contributed by atoms with E-state index >= 15 is 0 Å². The largest absolute Gasteiger partial charge is 0.415 e. The summed E-state index contributed by atoms with van der Waals surface area (Å²) >= 11 is 0. The monoisotopic (exact) mass is 393 g/mol. The fourth-order valence-electron chi connectivity index (χ4n) is 2.79. The van der Waals surface area contributed by atoms with Crippen molar-refractivity contribution in [2.24, 2.45) is 0 Å². The molecule has 1 rings (SSSR count). The molecule has 0 aliphatic carbocycles. The Bertz CT molecular complexity index is 437. The number of carbonyl (C=O) groups is 1. The lowest BCUT2D eigenvalue weighted by Crippen LogP contribution is -2.67. The summed E-state index contributed by atoms with van der Waals surface area (Å²) in [7, 11) is -0.414. The van der Waals surface area contributed by atoms with Crippen molar-refractivity contribution in [3.05, 3.63) is 0 Å². The number of nitrogens with one attached hydrogen (secondary N) is 1. The molecule has 0 aromatic heterocycles. The molecule has 0 radical (unpaired) electrons. The van der Waals surface area contributed by atoms with Crippen LogP contribution >= 0.6 is 0 Å². The van der Waals surface area contributed by atoms with E-state index in [4.69, 9.17) is 23.1 Å². The molecular weight excluding hydrogens is 358 g/mol. The predicted molar refractivity (Wildman–Crippen MR) is 102 cm³/mol. The predicted octanol–water partition coefficient (Wildman–Crippen LogP) is 1.95. The van der Waals surface area contributed by atoms with Crippen LogP contribution in [0.3, 0.4) is 0 Å². The zero-order valence-corrected chi connectivity index (χ0v) is 19.0. The molecule has 0 saturated carbocycles. The van der Waals surface area contributed by atoms with Crippen LogP contribution in [0, 0.1) is 0 Å². The molecule has 0 bridgehead atoms. The van der Waals surface area contributed by atoms with Crippen LogP contribution in [0.1, 0.15) is 6.92 Å². The molecule has 148 valence electrons. The highest BCUT2D eigenvalue weighted by molar-refractivity contribution is 6.70. The fraction of sp³-hybridized carbons (Fsp3) is 0.938. The van der Waals surface area contributed by atoms with Gasteiger partial charge in [0.15, 0.2) is 22.9 Å². The Morgan fingerprint density at radius 1 is 1.00 bits per heavy atom. The van der Waals surface area contributed by atoms with Crippen LogP contribution in [0.4, 0.5) is 0 Å². The van der Waals surface area contributed by atoms with Crippen molar-refractivity contribution in [3.63, 3.8) is 0 Å². The summed E-state index contributed by atoms with van der Waals surface area (Å²) in [5, 5.41) is 2.88. The van der Waals surface area contributed by atoms with Crippen molar-refractivity contribution in [1.82, 2.24) is 5.32 Å². The Labute approximate surface area is 153 Å². The molecule has 7 nitrogen and oxygen atoms in total. The summed E-state index contributed by atoms with van der Waals surface area (Å²) in [6.45, 7) is 14.6. The third kappa shape index (κ3) is 7.45. The molecule has 0 spiro atoms. The Balaban J connectivity index is 3.10. The summed E-state index contributed by atoms with van der Waals surface area (Å²) in [5.74, 6) is -0.166. The number of methoxy groups -OCH3 is 2. The van der Waals surface area contributed by atoms with Crippen molar-refractivity contribution in [2.45, 2.75) is 76.8 Å². The smallest absolute Gasteiger partial charge is 0.217 e. The van der Waals surface area contributed by atoms with Gasteiger partial charge in [-0.3, -0.25) is 4.79 Å². The van der Waals surface area contributed by atoms with Crippen LogP contribution in [0.25, 0.3) is 0 Å². The first-order valence-electron chi connectivity index (χ1n) is 8.68. The highest BCUT2D eigenvalue weighted by atomic mass is 28.4. The number of amides is 1. The zero-order chi connectivity index (χ0) is 19.4. The molecule has 25 heavy (non-hydrogen) atoms. The van der Waals surface area contributed by atoms with Gasteiger partial charge >= 0.3 is 0 Å². The Hall–Kier alpha value is -0.296. The molecule has 1 saturated heterocycles. The Kier molecular flexibility index (Phi) is 8.25. The highest BCUT2D eigenvalue weighted by Crippen LogP contribution is 2.29. The van der Waals surface area contributed by atoms with Gasteiger partial charge in [0.1, 0.15) is 24.4 Å². The third-order valence-corrected chi connectivity index (χ3v) is 5.70. The number of ether oxygens (including phenoxy) is 3. The van der Waals surface area contributed by atoms with E-state index in [9.17, 15) is 4.79 Å². The molecule has 0 unspecified atom stereocenters. The van der Waals surface area contributed by atoms with Crippen molar-refractivity contribution < 1.29 is 27.9 Å². The second-order valence-corrected chi connectivity index (χ2v) is 17.3. The number of carbonyl (C=O) groups excluding carboxylic acids is 1. The number of hydrogen-bond donors (Lipinski definition) is 1. The number of hydrogen-bond acceptors (Lipinski definition) is 6. The normalized spacial score (nSPS) is 31.0. The molecule has 1 heterocycles. The van der Waals surface area contributed by atoms with Crippen LogP contribution in [-0.4, -0.2) is 74.0 Å². The summed E-state index contributed by atoms with van der Waals surface area (Å²) in [5.41, 5.74) is 0. The summed E-state index contributed by atoms with van der Waals surface area (Å²) in [4.78, 5) is 11.6. The molecule has 9 heteroatoms. The van der Waals surface area contributed by atoms with Crippen molar-refractivity contribution in [1.29, 1.82) is 0 Å². The van der Waals surface area contributed by atoms with E-state index in [1.807, 2.05) is 0 Å². The highest BCUT2D eigenvalue weighted by Gasteiger charge is 2.49. The minimum atomic E-state index is -1.88. The van der Waals surface area contributed by atoms with Crippen LogP contribution < -0.4 is 5.32 Å². The van der Waals surface area contributed by atoms with Gasteiger partial charge in [-0.25, -0.2) is 0 Å². The van der Waals surface area contributed by atoms with E-state index in [0.29, 0.717) is 6.61 Å². The molecule has 1 amide bonds. The minimum Gasteiger partial charge on any atom is -0.415 e. The van der Waals surface area contributed by atoms with Crippen LogP contribution in [0.5, 0.6) is 0 Å². The van der Waals surface area contributed by atoms with Gasteiger partial charge in [0.2, 0.25) is 5.91 Å². The van der Waals surface area contributed by atoms with Gasteiger partial charge in [-0.05, 0) is 39.3 Å². The minimum absolute atomic E-state index is 0.166. The lowest BCUT2D eigenvalue weighted by molar-refractivity contribution is -0.262. The second-order valence-electron chi connectivity index (χ2n) is 8.32. The summed E-state index contributed by atoms with van der Waals surface area (Å²) in [6, 6.07) is -0.447. The van der Waals surface area contributed by atoms with Gasteiger partial charge in [-0.15, -0.1) is 0 Å². The average molecular weight is 394 g/mol. The maximum absolute atomic E-state index is 11.6. The van der Waals surface area contributed by atoms with Gasteiger partial charge in [0, 0.05) is 21.1 Å². The lowest BCUT2D eigenvalue weighted by Gasteiger charge is -2.47. The van der Waals surface area contributed by atoms with Gasteiger partial charge < -0.3 is 28.4 Å². The molecule has 1 aliphatic rings. The zero-order valence-electron chi connectivity index (χ0n) is 17.0. The Morgan fingerprint density at radius 2 is 1.60 bits per heavy atom. The van der Waals surface area contributed by atoms with Gasteiger partial charge in [-0.1, -0.05) is 0 Å². The van der Waals surface area contributed by atoms with E-state index in [1.165, 1.54) is 6.92 Å². The van der Waals surface area contributed by atoms with E-state index in [2.05, 4.69) is 44.6 Å². The lowest BCUT2D eigenvalue weighted by atomic mass is 9.96. The van der Waals surface area contributed by atoms with Crippen LogP contribution in [0.2, 0.25) is 39.3 Å². The maximum atomic E-state index is 11.6. The quantitative estimate of drug-likeness (QED) is 0.635. The van der Waals surface area contributed by atoms with Gasteiger partial charge in [0.05, 0.1) is 6.61 Å². The molecule has 0 aromatic carbocycles. The van der Waals surface area contributed by atoms with E-state index in [0.717, 1.165) is 0 Å². The second kappa shape index (κ2) is 9.07. The standard InChI is InChI=1S/C16H35NO6Si2/c1-11(18)17-13-15(19-2)14(23-25(7,8)9)12(22-16(13)20-3)10-21-24(4,5)6/h12-16H,10H2,1-9H3,(H,17,18)/t12-,13-,14-,15-,16+/m1/s1. The van der Waals surface area contributed by atoms with E-state index in [1.54, 1.807) is 14.2 Å². The van der Waals surface area contributed by atoms with Gasteiger partial charge in [0.25, 0.3) is 0 Å². The fourth-order valence-corrected chi connectivity index (χ4v) is 4.56. The first kappa shape index (κ1) is 22.7. The number of rotatable bonds is 8. The topological polar surface area (TPSA) is 75.2 Å². The molecule has 5 atom stereocenters. The summed E-state index contributed by atoms with van der Waals surface area (Å²) in [6.07, 6.45) is -1.66. The first-order valence-corrected chi connectivity index (χ1v) is 15.5. The molecule has 1 aliphatic heterocycles. The van der Waals surface area contributed by atoms with Crippen LogP contribution in [0.15, 0.2) is 0 Å². The first-order chi connectivity index (χ1) is 11.4. The van der Waals surface area contributed by atoms with Gasteiger partial charge in [-0.2, -0.15) is 0 Å². The summed E-state index contributed by atoms with van der Waals surface area (Å²) < 4.78 is 29.8. The SMILES string of the molecule is CO[C@H]1O[C@H](CO[Si](C)(C)C)[C@@H](O[Si](C)(C)C)[C@H](OC)[C@H]1NC(C)=O. The maximum Gasteiger partial charge on any atom is 0.217 e. The Morgan fingerprint density at radius 3 is 2.00 bits per heavy atom. The van der Waals surface area contributed by atoms with Crippen molar-refractivity contribution in [3.8, 4) is 0 Å². The molecular formula is C16H35NO6Si2. The molecule has 1 fully saturated rings. The van der Waals surface area contributed by atoms with Crippen molar-refractivity contribution >= 4 is 22.5 Å². The van der Waals surface area contributed by atoms with Crippen molar-refractivity contribution in [2.75, 3.05) is 20.8 Å².